The zero-order valence-corrected chi connectivity index (χ0v) is 21.7. The molecule has 2 aliphatic heterocycles. The first-order chi connectivity index (χ1) is 17.4. The highest BCUT2D eigenvalue weighted by atomic mass is 16.2. The minimum atomic E-state index is -0.729. The van der Waals surface area contributed by atoms with Crippen molar-refractivity contribution in [1.29, 1.82) is 0 Å². The summed E-state index contributed by atoms with van der Waals surface area (Å²) in [7, 11) is 3.82. The molecule has 3 amide bonds. The number of carbonyl (C=O) groups is 4. The van der Waals surface area contributed by atoms with Crippen LogP contribution in [0.1, 0.15) is 78.5 Å². The molecule has 2 saturated heterocycles. The molecule has 1 unspecified atom stereocenters. The summed E-state index contributed by atoms with van der Waals surface area (Å²) in [4.78, 5) is 55.5. The molecule has 0 aromatic heterocycles. The molecule has 1 saturated carbocycles. The van der Waals surface area contributed by atoms with E-state index in [4.69, 9.17) is 0 Å². The van der Waals surface area contributed by atoms with Crippen LogP contribution in [0, 0.1) is 11.8 Å². The molecule has 3 fully saturated rings. The van der Waals surface area contributed by atoms with Crippen LogP contribution < -0.4 is 10.2 Å². The molecule has 4 rings (SSSR count). The van der Waals surface area contributed by atoms with Crippen LogP contribution in [0.15, 0.2) is 18.2 Å². The molecular formula is C28H40N4O4. The van der Waals surface area contributed by atoms with Gasteiger partial charge in [0.1, 0.15) is 6.04 Å². The molecule has 0 spiro atoms. The quantitative estimate of drug-likeness (QED) is 0.439. The molecule has 1 aliphatic carbocycles. The van der Waals surface area contributed by atoms with Crippen molar-refractivity contribution in [1.82, 2.24) is 15.1 Å². The van der Waals surface area contributed by atoms with Crippen molar-refractivity contribution in [3.8, 4) is 0 Å². The van der Waals surface area contributed by atoms with E-state index in [0.29, 0.717) is 23.3 Å². The van der Waals surface area contributed by atoms with Gasteiger partial charge in [0.15, 0.2) is 6.29 Å². The van der Waals surface area contributed by atoms with E-state index < -0.39 is 11.9 Å². The van der Waals surface area contributed by atoms with Gasteiger partial charge >= 0.3 is 0 Å². The van der Waals surface area contributed by atoms with Crippen LogP contribution in [0.4, 0.5) is 5.69 Å². The molecule has 1 aromatic carbocycles. The maximum Gasteiger partial charge on any atom is 0.257 e. The molecule has 8 nitrogen and oxygen atoms in total. The van der Waals surface area contributed by atoms with Crippen molar-refractivity contribution < 1.29 is 19.2 Å². The number of amides is 3. The molecule has 196 valence electrons. The second-order valence-corrected chi connectivity index (χ2v) is 10.9. The van der Waals surface area contributed by atoms with Gasteiger partial charge in [-0.2, -0.15) is 0 Å². The van der Waals surface area contributed by atoms with Crippen LogP contribution in [-0.2, 0) is 9.59 Å². The second kappa shape index (κ2) is 12.0. The fourth-order valence-corrected chi connectivity index (χ4v) is 6.20. The van der Waals surface area contributed by atoms with Gasteiger partial charge in [0.05, 0.1) is 11.3 Å². The summed E-state index contributed by atoms with van der Waals surface area (Å²) in [6.45, 7) is 3.94. The Morgan fingerprint density at radius 2 is 1.67 bits per heavy atom. The number of hydrogen-bond donors (Lipinski definition) is 1. The van der Waals surface area contributed by atoms with Gasteiger partial charge < -0.3 is 14.7 Å². The number of aldehydes is 1. The zero-order valence-electron chi connectivity index (χ0n) is 21.7. The van der Waals surface area contributed by atoms with E-state index in [2.05, 4.69) is 22.2 Å². The third-order valence-corrected chi connectivity index (χ3v) is 8.23. The van der Waals surface area contributed by atoms with Crippen LogP contribution >= 0.6 is 0 Å². The Morgan fingerprint density at radius 3 is 2.31 bits per heavy atom. The third kappa shape index (κ3) is 6.14. The van der Waals surface area contributed by atoms with Gasteiger partial charge in [-0.1, -0.05) is 31.4 Å². The van der Waals surface area contributed by atoms with Gasteiger partial charge in [-0.3, -0.25) is 24.5 Å². The minimum Gasteiger partial charge on any atom is -0.371 e. The Hall–Kier alpha value is -2.74. The first-order valence-electron chi connectivity index (χ1n) is 13.5. The molecule has 1 atom stereocenters. The highest BCUT2D eigenvalue weighted by molar-refractivity contribution is 6.09. The molecule has 8 heteroatoms. The highest BCUT2D eigenvalue weighted by Gasteiger charge is 2.35. The summed E-state index contributed by atoms with van der Waals surface area (Å²) in [5, 5.41) is 2.31. The van der Waals surface area contributed by atoms with E-state index in [1.807, 2.05) is 12.1 Å². The summed E-state index contributed by atoms with van der Waals surface area (Å²) >= 11 is 0. The largest absolute Gasteiger partial charge is 0.371 e. The van der Waals surface area contributed by atoms with Gasteiger partial charge in [0.25, 0.3) is 5.91 Å². The van der Waals surface area contributed by atoms with Gasteiger partial charge in [-0.25, -0.2) is 0 Å². The summed E-state index contributed by atoms with van der Waals surface area (Å²) in [6, 6.07) is 4.63. The van der Waals surface area contributed by atoms with Crippen LogP contribution in [0.2, 0.25) is 0 Å². The van der Waals surface area contributed by atoms with Crippen LogP contribution in [-0.4, -0.2) is 80.1 Å². The molecule has 3 aliphatic rings. The van der Waals surface area contributed by atoms with E-state index in [-0.39, 0.29) is 24.7 Å². The van der Waals surface area contributed by atoms with Crippen molar-refractivity contribution in [2.45, 2.75) is 63.8 Å². The van der Waals surface area contributed by atoms with Gasteiger partial charge in [0.2, 0.25) is 11.8 Å². The molecule has 0 bridgehead atoms. The monoisotopic (exact) mass is 496 g/mol. The lowest BCUT2D eigenvalue weighted by Crippen LogP contribution is -2.53. The van der Waals surface area contributed by atoms with E-state index in [1.165, 1.54) is 43.5 Å². The number of nitrogens with zero attached hydrogens (tertiary/aromatic N) is 3. The van der Waals surface area contributed by atoms with Crippen molar-refractivity contribution in [2.24, 2.45) is 11.8 Å². The summed E-state index contributed by atoms with van der Waals surface area (Å²) in [6.07, 6.45) is 10.1. The molecule has 36 heavy (non-hydrogen) atoms. The number of anilines is 1. The standard InChI is InChI=1S/C28H40N4O4/c1-30(17-20-7-4-3-5-8-20)18-21-13-15-32(16-14-21)23-10-6-9-22(19-33)26(23)28(36)31(2)24-11-12-25(34)29-27(24)35/h6,9-10,19-21,24H,3-5,7-8,11-18H2,1-2H3,(H,29,34,35). The van der Waals surface area contributed by atoms with Crippen molar-refractivity contribution in [3.63, 3.8) is 0 Å². The predicted molar refractivity (Wildman–Crippen MR) is 139 cm³/mol. The second-order valence-electron chi connectivity index (χ2n) is 10.9. The average Bonchev–Trinajstić information content (AvgIpc) is 2.88. The zero-order chi connectivity index (χ0) is 25.7. The van der Waals surface area contributed by atoms with Gasteiger partial charge in [-0.05, 0) is 57.1 Å². The first kappa shape index (κ1) is 26.3. The Labute approximate surface area is 214 Å². The molecular weight excluding hydrogens is 456 g/mol. The topological polar surface area (TPSA) is 90.0 Å². The molecule has 1 N–H and O–H groups in total. The van der Waals surface area contributed by atoms with Crippen LogP contribution in [0.25, 0.3) is 0 Å². The summed E-state index contributed by atoms with van der Waals surface area (Å²) in [5.74, 6) is 0.305. The number of hydrogen-bond acceptors (Lipinski definition) is 6. The Bertz CT molecular complexity index is 966. The highest BCUT2D eigenvalue weighted by Crippen LogP contribution is 2.31. The van der Waals surface area contributed by atoms with Crippen LogP contribution in [0.3, 0.4) is 0 Å². The molecule has 2 heterocycles. The smallest absolute Gasteiger partial charge is 0.257 e. The number of rotatable bonds is 8. The van der Waals surface area contributed by atoms with E-state index in [1.54, 1.807) is 13.1 Å². The van der Waals surface area contributed by atoms with Crippen molar-refractivity contribution in [3.05, 3.63) is 29.3 Å². The summed E-state index contributed by atoms with van der Waals surface area (Å²) < 4.78 is 0. The van der Waals surface area contributed by atoms with E-state index in [0.717, 1.165) is 44.1 Å². The minimum absolute atomic E-state index is 0.193. The maximum absolute atomic E-state index is 13.6. The van der Waals surface area contributed by atoms with Crippen LogP contribution in [0.5, 0.6) is 0 Å². The average molecular weight is 497 g/mol. The van der Waals surface area contributed by atoms with Gasteiger partial charge in [-0.15, -0.1) is 0 Å². The normalized spacial score (nSPS) is 22.0. The Morgan fingerprint density at radius 1 is 1.00 bits per heavy atom. The maximum atomic E-state index is 13.6. The fourth-order valence-electron chi connectivity index (χ4n) is 6.20. The molecule has 0 radical (unpaired) electrons. The molecule has 1 aromatic rings. The SMILES string of the molecule is CN(CC1CCCCC1)CC1CCN(c2cccc(C=O)c2C(=O)N(C)C2CCC(=O)NC2=O)CC1. The lowest BCUT2D eigenvalue weighted by molar-refractivity contribution is -0.136. The number of piperidine rings is 2. The Kier molecular flexibility index (Phi) is 8.77. The number of nitrogens with one attached hydrogen (secondary N) is 1. The fraction of sp³-hybridized carbons (Fsp3) is 0.643. The lowest BCUT2D eigenvalue weighted by Gasteiger charge is -2.37. The Balaban J connectivity index is 1.41. The van der Waals surface area contributed by atoms with Crippen molar-refractivity contribution in [2.75, 3.05) is 45.2 Å². The predicted octanol–water partition coefficient (Wildman–Crippen LogP) is 3.10. The van der Waals surface area contributed by atoms with Crippen molar-refractivity contribution >= 4 is 29.7 Å². The third-order valence-electron chi connectivity index (χ3n) is 8.23. The van der Waals surface area contributed by atoms with Gasteiger partial charge in [0, 0.05) is 45.2 Å². The number of benzene rings is 1. The van der Waals surface area contributed by atoms with E-state index >= 15 is 0 Å². The summed E-state index contributed by atoms with van der Waals surface area (Å²) in [5.41, 5.74) is 1.41. The number of imide groups is 1. The lowest BCUT2D eigenvalue weighted by atomic mass is 9.88. The number of likely N-dealkylation sites (N-methyl/N-ethyl adjacent to an activating group) is 1. The van der Waals surface area contributed by atoms with E-state index in [9.17, 15) is 19.2 Å². The first-order valence-corrected chi connectivity index (χ1v) is 13.5. The number of carbonyl (C=O) groups excluding carboxylic acids is 4.